The van der Waals surface area contributed by atoms with E-state index in [9.17, 15) is 14.9 Å². The number of anilines is 2. The van der Waals surface area contributed by atoms with E-state index in [2.05, 4.69) is 10.6 Å². The summed E-state index contributed by atoms with van der Waals surface area (Å²) in [7, 11) is 0. The third-order valence-corrected chi connectivity index (χ3v) is 4.20. The van der Waals surface area contributed by atoms with E-state index < -0.39 is 4.92 Å². The maximum absolute atomic E-state index is 12.0. The smallest absolute Gasteiger partial charge is 0.321 e. The second-order valence-electron chi connectivity index (χ2n) is 6.01. The number of nitrogens with one attached hydrogen (secondary N) is 2. The number of amides is 2. The lowest BCUT2D eigenvalue weighted by Crippen LogP contribution is -2.46. The van der Waals surface area contributed by atoms with Gasteiger partial charge in [-0.2, -0.15) is 0 Å². The van der Waals surface area contributed by atoms with Gasteiger partial charge in [-0.1, -0.05) is 18.2 Å². The van der Waals surface area contributed by atoms with Crippen LogP contribution in [0.2, 0.25) is 0 Å². The van der Waals surface area contributed by atoms with Gasteiger partial charge in [-0.3, -0.25) is 15.0 Å². The SMILES string of the molecule is C[C@H](Nc1cccc(N2CCCNC2=O)c1)c1cccc([N+](=O)[O-])c1. The lowest BCUT2D eigenvalue weighted by molar-refractivity contribution is -0.384. The first-order valence-electron chi connectivity index (χ1n) is 8.21. The van der Waals surface area contributed by atoms with Gasteiger partial charge in [0.05, 0.1) is 4.92 Å². The van der Waals surface area contributed by atoms with E-state index in [1.165, 1.54) is 6.07 Å². The Kier molecular flexibility index (Phi) is 4.83. The largest absolute Gasteiger partial charge is 0.378 e. The highest BCUT2D eigenvalue weighted by Gasteiger charge is 2.19. The van der Waals surface area contributed by atoms with Crippen LogP contribution in [0.3, 0.4) is 0 Å². The number of nitro groups is 1. The molecule has 0 unspecified atom stereocenters. The summed E-state index contributed by atoms with van der Waals surface area (Å²) in [5.74, 6) is 0. The van der Waals surface area contributed by atoms with Crippen molar-refractivity contribution in [3.05, 3.63) is 64.2 Å². The molecule has 1 heterocycles. The van der Waals surface area contributed by atoms with Crippen molar-refractivity contribution >= 4 is 23.1 Å². The van der Waals surface area contributed by atoms with Crippen molar-refractivity contribution in [2.45, 2.75) is 19.4 Å². The summed E-state index contributed by atoms with van der Waals surface area (Å²) in [4.78, 5) is 24.2. The third kappa shape index (κ3) is 3.88. The monoisotopic (exact) mass is 340 g/mol. The van der Waals surface area contributed by atoms with E-state index in [1.54, 1.807) is 17.0 Å². The van der Waals surface area contributed by atoms with Crippen LogP contribution in [0.25, 0.3) is 0 Å². The van der Waals surface area contributed by atoms with Crippen molar-refractivity contribution in [2.75, 3.05) is 23.3 Å². The Morgan fingerprint density at radius 2 is 2.04 bits per heavy atom. The molecule has 1 atom stereocenters. The normalized spacial score (nSPS) is 15.4. The van der Waals surface area contributed by atoms with Crippen LogP contribution in [-0.4, -0.2) is 24.0 Å². The average molecular weight is 340 g/mol. The van der Waals surface area contributed by atoms with Crippen LogP contribution in [-0.2, 0) is 0 Å². The zero-order valence-electron chi connectivity index (χ0n) is 13.9. The van der Waals surface area contributed by atoms with E-state index in [4.69, 9.17) is 0 Å². The Morgan fingerprint density at radius 1 is 1.24 bits per heavy atom. The second kappa shape index (κ2) is 7.21. The number of benzene rings is 2. The fourth-order valence-electron chi connectivity index (χ4n) is 2.88. The van der Waals surface area contributed by atoms with E-state index in [-0.39, 0.29) is 17.8 Å². The van der Waals surface area contributed by atoms with Gasteiger partial charge in [0.25, 0.3) is 5.69 Å². The second-order valence-corrected chi connectivity index (χ2v) is 6.01. The number of hydrogen-bond acceptors (Lipinski definition) is 4. The summed E-state index contributed by atoms with van der Waals surface area (Å²) in [6.07, 6.45) is 0.910. The van der Waals surface area contributed by atoms with Crippen LogP contribution >= 0.6 is 0 Å². The fraction of sp³-hybridized carbons (Fsp3) is 0.278. The Labute approximate surface area is 145 Å². The number of carbonyl (C=O) groups excluding carboxylic acids is 1. The molecular weight excluding hydrogens is 320 g/mol. The molecule has 25 heavy (non-hydrogen) atoms. The highest BCUT2D eigenvalue weighted by atomic mass is 16.6. The summed E-state index contributed by atoms with van der Waals surface area (Å²) in [6, 6.07) is 14.0. The number of carbonyl (C=O) groups is 1. The van der Waals surface area contributed by atoms with Crippen LogP contribution in [0.1, 0.15) is 24.9 Å². The van der Waals surface area contributed by atoms with Crippen LogP contribution in [0, 0.1) is 10.1 Å². The highest BCUT2D eigenvalue weighted by molar-refractivity contribution is 5.93. The fourth-order valence-corrected chi connectivity index (χ4v) is 2.88. The maximum atomic E-state index is 12.0. The van der Waals surface area contributed by atoms with Gasteiger partial charge in [0.1, 0.15) is 0 Å². The van der Waals surface area contributed by atoms with Gasteiger partial charge < -0.3 is 10.6 Å². The van der Waals surface area contributed by atoms with Gasteiger partial charge in [-0.15, -0.1) is 0 Å². The summed E-state index contributed by atoms with van der Waals surface area (Å²) in [5.41, 5.74) is 2.59. The zero-order chi connectivity index (χ0) is 17.8. The Balaban J connectivity index is 1.76. The molecule has 0 saturated carbocycles. The average Bonchev–Trinajstić information content (AvgIpc) is 2.62. The first-order chi connectivity index (χ1) is 12.0. The van der Waals surface area contributed by atoms with Gasteiger partial charge in [0.15, 0.2) is 0 Å². The first-order valence-corrected chi connectivity index (χ1v) is 8.21. The van der Waals surface area contributed by atoms with Gasteiger partial charge in [0, 0.05) is 42.6 Å². The number of urea groups is 1. The van der Waals surface area contributed by atoms with Crippen LogP contribution in [0.4, 0.5) is 21.9 Å². The minimum Gasteiger partial charge on any atom is -0.378 e. The minimum absolute atomic E-state index is 0.0740. The summed E-state index contributed by atoms with van der Waals surface area (Å²) in [6.45, 7) is 3.34. The number of hydrogen-bond donors (Lipinski definition) is 2. The molecule has 0 bridgehead atoms. The van der Waals surface area contributed by atoms with E-state index >= 15 is 0 Å². The molecule has 0 spiro atoms. The molecule has 2 amide bonds. The molecule has 1 aliphatic heterocycles. The Hall–Kier alpha value is -3.09. The lowest BCUT2D eigenvalue weighted by atomic mass is 10.1. The lowest BCUT2D eigenvalue weighted by Gasteiger charge is -2.28. The Morgan fingerprint density at radius 3 is 2.80 bits per heavy atom. The number of rotatable bonds is 5. The minimum atomic E-state index is -0.397. The number of nitrogens with zero attached hydrogens (tertiary/aromatic N) is 2. The maximum Gasteiger partial charge on any atom is 0.321 e. The van der Waals surface area contributed by atoms with Crippen molar-refractivity contribution < 1.29 is 9.72 Å². The highest BCUT2D eigenvalue weighted by Crippen LogP contribution is 2.26. The summed E-state index contributed by atoms with van der Waals surface area (Å²) < 4.78 is 0. The van der Waals surface area contributed by atoms with Gasteiger partial charge in [-0.25, -0.2) is 4.79 Å². The van der Waals surface area contributed by atoms with Gasteiger partial charge in [0.2, 0.25) is 0 Å². The summed E-state index contributed by atoms with van der Waals surface area (Å²) in [5, 5.41) is 17.1. The van der Waals surface area contributed by atoms with Crippen molar-refractivity contribution in [3.63, 3.8) is 0 Å². The van der Waals surface area contributed by atoms with Crippen LogP contribution in [0.15, 0.2) is 48.5 Å². The molecule has 2 aromatic carbocycles. The topological polar surface area (TPSA) is 87.5 Å². The molecule has 7 nitrogen and oxygen atoms in total. The molecule has 2 aromatic rings. The molecule has 3 rings (SSSR count). The molecule has 0 radical (unpaired) electrons. The number of nitro benzene ring substituents is 1. The van der Waals surface area contributed by atoms with Crippen LogP contribution < -0.4 is 15.5 Å². The molecule has 1 fully saturated rings. The van der Waals surface area contributed by atoms with Crippen molar-refractivity contribution in [1.29, 1.82) is 0 Å². The van der Waals surface area contributed by atoms with E-state index in [1.807, 2.05) is 37.3 Å². The van der Waals surface area contributed by atoms with Gasteiger partial charge in [-0.05, 0) is 37.1 Å². The molecule has 1 aliphatic rings. The Bertz CT molecular complexity index is 793. The quantitative estimate of drug-likeness (QED) is 0.642. The molecule has 0 aliphatic carbocycles. The molecule has 7 heteroatoms. The summed E-state index contributed by atoms with van der Waals surface area (Å²) >= 11 is 0. The van der Waals surface area contributed by atoms with Crippen LogP contribution in [0.5, 0.6) is 0 Å². The zero-order valence-corrected chi connectivity index (χ0v) is 13.9. The van der Waals surface area contributed by atoms with E-state index in [0.29, 0.717) is 13.1 Å². The number of non-ortho nitro benzene ring substituents is 1. The first kappa shape index (κ1) is 16.8. The van der Waals surface area contributed by atoms with Gasteiger partial charge >= 0.3 is 6.03 Å². The molecule has 1 saturated heterocycles. The molecule has 0 aromatic heterocycles. The van der Waals surface area contributed by atoms with E-state index in [0.717, 1.165) is 23.4 Å². The predicted molar refractivity (Wildman–Crippen MR) is 96.9 cm³/mol. The standard InChI is InChI=1S/C18H20N4O3/c1-13(14-5-2-8-17(11-14)22(24)25)20-15-6-3-7-16(12-15)21-10-4-9-19-18(21)23/h2-3,5-8,11-13,20H,4,9-10H2,1H3,(H,19,23)/t13-/m0/s1. The van der Waals surface area contributed by atoms with Crippen molar-refractivity contribution in [2.24, 2.45) is 0 Å². The van der Waals surface area contributed by atoms with Crippen molar-refractivity contribution in [3.8, 4) is 0 Å². The molecule has 2 N–H and O–H groups in total. The van der Waals surface area contributed by atoms with Crippen molar-refractivity contribution in [1.82, 2.24) is 5.32 Å². The predicted octanol–water partition coefficient (Wildman–Crippen LogP) is 3.69. The third-order valence-electron chi connectivity index (χ3n) is 4.20. The molecule has 130 valence electrons. The molecular formula is C18H20N4O3.